The van der Waals surface area contributed by atoms with E-state index < -0.39 is 12.2 Å². The third-order valence-electron chi connectivity index (χ3n) is 4.11. The first kappa shape index (κ1) is 17.5. The number of nitrogens with zero attached hydrogens (tertiary/aromatic N) is 4. The van der Waals surface area contributed by atoms with Crippen molar-refractivity contribution in [1.82, 2.24) is 14.5 Å². The molecule has 0 N–H and O–H groups in total. The van der Waals surface area contributed by atoms with Crippen molar-refractivity contribution in [2.24, 2.45) is 0 Å². The van der Waals surface area contributed by atoms with Crippen LogP contribution in [0.5, 0.6) is 0 Å². The van der Waals surface area contributed by atoms with E-state index in [4.69, 9.17) is 0 Å². The van der Waals surface area contributed by atoms with E-state index in [2.05, 4.69) is 9.97 Å². The highest BCUT2D eigenvalue weighted by molar-refractivity contribution is 5.63. The number of halogens is 1. The summed E-state index contributed by atoms with van der Waals surface area (Å²) in [5.41, 5.74) is 3.09. The summed E-state index contributed by atoms with van der Waals surface area (Å²) < 4.78 is 14.9. The molecule has 0 saturated carbocycles. The van der Waals surface area contributed by atoms with Crippen LogP contribution >= 0.6 is 0 Å². The van der Waals surface area contributed by atoms with Gasteiger partial charge in [0.1, 0.15) is 18.3 Å². The fraction of sp³-hybridized carbons (Fsp3) is 0.200. The largest absolute Gasteiger partial charge is 0.301 e. The highest BCUT2D eigenvalue weighted by Crippen LogP contribution is 2.23. The molecular weight excluding hydrogens is 331 g/mol. The normalized spacial score (nSPS) is 10.5. The highest BCUT2D eigenvalue weighted by atomic mass is 19.1. The molecule has 0 atom stereocenters. The number of aryl methyl sites for hydroxylation is 2. The molecule has 0 amide bonds. The molecule has 0 bridgehead atoms. The van der Waals surface area contributed by atoms with Crippen LogP contribution < -0.4 is 5.56 Å². The first-order valence-corrected chi connectivity index (χ1v) is 8.11. The van der Waals surface area contributed by atoms with Crippen molar-refractivity contribution in [1.29, 1.82) is 5.26 Å². The summed E-state index contributed by atoms with van der Waals surface area (Å²) in [6, 6.07) is 11.0. The van der Waals surface area contributed by atoms with E-state index in [1.807, 2.05) is 44.2 Å². The van der Waals surface area contributed by atoms with E-state index in [1.165, 1.54) is 4.57 Å². The Kier molecular flexibility index (Phi) is 4.90. The number of benzene rings is 1. The third-order valence-corrected chi connectivity index (χ3v) is 4.11. The number of pyridine rings is 1. The Morgan fingerprint density at radius 2 is 2.00 bits per heavy atom. The van der Waals surface area contributed by atoms with Gasteiger partial charge in [0.05, 0.1) is 29.8 Å². The van der Waals surface area contributed by atoms with Gasteiger partial charge in [-0.15, -0.1) is 0 Å². The van der Waals surface area contributed by atoms with Crippen LogP contribution in [-0.4, -0.2) is 14.5 Å². The summed E-state index contributed by atoms with van der Waals surface area (Å²) in [4.78, 5) is 21.3. The van der Waals surface area contributed by atoms with E-state index in [0.717, 1.165) is 16.8 Å². The summed E-state index contributed by atoms with van der Waals surface area (Å²) in [6.45, 7) is 3.04. The van der Waals surface area contributed by atoms with Crippen LogP contribution in [0.15, 0.2) is 47.5 Å². The molecule has 0 radical (unpaired) electrons. The van der Waals surface area contributed by atoms with Gasteiger partial charge in [-0.1, -0.05) is 23.8 Å². The zero-order valence-corrected chi connectivity index (χ0v) is 14.5. The Bertz CT molecular complexity index is 1050. The lowest BCUT2D eigenvalue weighted by molar-refractivity contribution is 0.483. The number of nitriles is 1. The minimum absolute atomic E-state index is 0.0975. The van der Waals surface area contributed by atoms with Crippen molar-refractivity contribution in [3.63, 3.8) is 0 Å². The molecule has 3 rings (SSSR count). The smallest absolute Gasteiger partial charge is 0.269 e. The topological polar surface area (TPSA) is 71.6 Å². The number of alkyl halides is 1. The van der Waals surface area contributed by atoms with Gasteiger partial charge in [0.15, 0.2) is 0 Å². The van der Waals surface area contributed by atoms with Crippen molar-refractivity contribution < 1.29 is 4.39 Å². The molecule has 1 aromatic carbocycles. The van der Waals surface area contributed by atoms with E-state index in [1.54, 1.807) is 18.5 Å². The fourth-order valence-electron chi connectivity index (χ4n) is 2.79. The molecule has 0 aliphatic heterocycles. The lowest BCUT2D eigenvalue weighted by Gasteiger charge is -2.15. The lowest BCUT2D eigenvalue weighted by Crippen LogP contribution is -2.26. The van der Waals surface area contributed by atoms with Crippen LogP contribution in [-0.2, 0) is 13.2 Å². The molecule has 0 aliphatic carbocycles. The summed E-state index contributed by atoms with van der Waals surface area (Å²) in [7, 11) is 0. The SMILES string of the molecule is Cc1cccc(-c2cc(CF)c(C#N)c(=O)n2Cc2cnc(C)cn2)c1. The molecule has 0 aliphatic rings. The van der Waals surface area contributed by atoms with Gasteiger partial charge in [0.2, 0.25) is 0 Å². The monoisotopic (exact) mass is 348 g/mol. The lowest BCUT2D eigenvalue weighted by atomic mass is 10.0. The minimum atomic E-state index is -0.873. The maximum atomic E-state index is 13.4. The molecule has 2 heterocycles. The van der Waals surface area contributed by atoms with Crippen molar-refractivity contribution in [3.8, 4) is 17.3 Å². The van der Waals surface area contributed by atoms with Gasteiger partial charge in [-0.2, -0.15) is 5.26 Å². The van der Waals surface area contributed by atoms with Crippen molar-refractivity contribution in [2.45, 2.75) is 27.1 Å². The molecule has 0 unspecified atom stereocenters. The van der Waals surface area contributed by atoms with Gasteiger partial charge in [-0.05, 0) is 31.5 Å². The Morgan fingerprint density at radius 1 is 1.19 bits per heavy atom. The zero-order valence-electron chi connectivity index (χ0n) is 14.5. The molecule has 5 nitrogen and oxygen atoms in total. The van der Waals surface area contributed by atoms with Crippen LogP contribution in [0.2, 0.25) is 0 Å². The number of hydrogen-bond donors (Lipinski definition) is 0. The fourth-order valence-corrected chi connectivity index (χ4v) is 2.79. The third kappa shape index (κ3) is 3.38. The van der Waals surface area contributed by atoms with Crippen molar-refractivity contribution in [2.75, 3.05) is 0 Å². The van der Waals surface area contributed by atoms with Gasteiger partial charge >= 0.3 is 0 Å². The van der Waals surface area contributed by atoms with Crippen LogP contribution in [0.25, 0.3) is 11.3 Å². The highest BCUT2D eigenvalue weighted by Gasteiger charge is 2.17. The summed E-state index contributed by atoms with van der Waals surface area (Å²) in [5.74, 6) is 0. The summed E-state index contributed by atoms with van der Waals surface area (Å²) in [5, 5.41) is 9.30. The summed E-state index contributed by atoms with van der Waals surface area (Å²) in [6.07, 6.45) is 3.21. The Hall–Kier alpha value is -3.33. The maximum Gasteiger partial charge on any atom is 0.269 e. The van der Waals surface area contributed by atoms with E-state index in [-0.39, 0.29) is 17.7 Å². The molecule has 2 aromatic heterocycles. The molecule has 0 spiro atoms. The van der Waals surface area contributed by atoms with Gasteiger partial charge in [-0.25, -0.2) is 4.39 Å². The second-order valence-corrected chi connectivity index (χ2v) is 6.09. The van der Waals surface area contributed by atoms with Crippen molar-refractivity contribution >= 4 is 0 Å². The average molecular weight is 348 g/mol. The summed E-state index contributed by atoms with van der Waals surface area (Å²) >= 11 is 0. The molecule has 0 saturated heterocycles. The van der Waals surface area contributed by atoms with Gasteiger partial charge in [0.25, 0.3) is 5.56 Å². The first-order valence-electron chi connectivity index (χ1n) is 8.11. The molecule has 6 heteroatoms. The van der Waals surface area contributed by atoms with E-state index in [9.17, 15) is 14.4 Å². The van der Waals surface area contributed by atoms with E-state index >= 15 is 0 Å². The molecule has 3 aromatic rings. The quantitative estimate of drug-likeness (QED) is 0.725. The number of hydrogen-bond acceptors (Lipinski definition) is 4. The predicted octanol–water partition coefficient (Wildman–Crippen LogP) is 3.31. The standard InChI is InChI=1S/C20H17FN4O/c1-13-4-3-5-15(6-13)19-7-16(8-21)18(9-22)20(26)25(19)12-17-11-23-14(2)10-24-17/h3-7,10-11H,8,12H2,1-2H3. The minimum Gasteiger partial charge on any atom is -0.301 e. The second kappa shape index (κ2) is 7.28. The molecular formula is C20H17FN4O. The first-order chi connectivity index (χ1) is 12.5. The Labute approximate surface area is 150 Å². The average Bonchev–Trinajstić information content (AvgIpc) is 2.64. The van der Waals surface area contributed by atoms with Crippen molar-refractivity contribution in [3.05, 3.63) is 81.2 Å². The number of rotatable bonds is 4. The molecule has 26 heavy (non-hydrogen) atoms. The second-order valence-electron chi connectivity index (χ2n) is 6.09. The van der Waals surface area contributed by atoms with Crippen LogP contribution in [0.1, 0.15) is 28.1 Å². The Morgan fingerprint density at radius 3 is 2.62 bits per heavy atom. The van der Waals surface area contributed by atoms with Gasteiger partial charge < -0.3 is 4.57 Å². The maximum absolute atomic E-state index is 13.4. The molecule has 130 valence electrons. The van der Waals surface area contributed by atoms with Gasteiger partial charge in [-0.3, -0.25) is 14.8 Å². The van der Waals surface area contributed by atoms with Crippen LogP contribution in [0.3, 0.4) is 0 Å². The molecule has 0 fully saturated rings. The number of aromatic nitrogens is 3. The zero-order chi connectivity index (χ0) is 18.7. The van der Waals surface area contributed by atoms with Crippen LogP contribution in [0.4, 0.5) is 4.39 Å². The van der Waals surface area contributed by atoms with Crippen LogP contribution in [0, 0.1) is 25.2 Å². The van der Waals surface area contributed by atoms with Gasteiger partial charge in [0, 0.05) is 11.8 Å². The Balaban J connectivity index is 2.24. The van der Waals surface area contributed by atoms with E-state index in [0.29, 0.717) is 11.4 Å². The predicted molar refractivity (Wildman–Crippen MR) is 96.3 cm³/mol.